The van der Waals surface area contributed by atoms with E-state index in [1.807, 2.05) is 6.07 Å². The van der Waals surface area contributed by atoms with Crippen molar-refractivity contribution in [1.82, 2.24) is 19.8 Å². The minimum Gasteiger partial charge on any atom is -0.487 e. The number of nitrogens with zero attached hydrogens (tertiary/aromatic N) is 6. The number of aromatic nitrogens is 2. The number of benzene rings is 2. The molecule has 8 rings (SSSR count). The highest BCUT2D eigenvalue weighted by molar-refractivity contribution is 6.35. The normalized spacial score (nSPS) is 25.2. The molecule has 1 amide bonds. The zero-order valence-electron chi connectivity index (χ0n) is 26.3. The average molecular weight is 639 g/mol. The molecule has 46 heavy (non-hydrogen) atoms. The number of amides is 1. The summed E-state index contributed by atoms with van der Waals surface area (Å²) in [5, 5.41) is 1.40. The van der Waals surface area contributed by atoms with Gasteiger partial charge in [-0.2, -0.15) is 9.97 Å². The third-order valence-electron chi connectivity index (χ3n) is 10.6. The minimum atomic E-state index is -0.298. The number of carbonyl (C=O) groups is 1. The Balaban J connectivity index is 1.27. The number of carbonyl (C=O) groups excluding carboxylic acids is 1. The molecule has 0 N–H and O–H groups in total. The molecule has 3 aromatic rings. The molecule has 4 fully saturated rings. The number of hydrogen-bond donors (Lipinski definition) is 0. The van der Waals surface area contributed by atoms with Crippen LogP contribution in [0.2, 0.25) is 5.02 Å². The van der Waals surface area contributed by atoms with E-state index in [0.29, 0.717) is 66.3 Å². The van der Waals surface area contributed by atoms with Crippen LogP contribution >= 0.6 is 11.6 Å². The molecule has 0 spiro atoms. The van der Waals surface area contributed by atoms with Gasteiger partial charge in [0, 0.05) is 36.6 Å². The van der Waals surface area contributed by atoms with Crippen LogP contribution in [-0.4, -0.2) is 90.2 Å². The Morgan fingerprint density at radius 1 is 1.20 bits per heavy atom. The second-order valence-corrected chi connectivity index (χ2v) is 14.0. The van der Waals surface area contributed by atoms with Crippen LogP contribution < -0.4 is 14.4 Å². The smallest absolute Gasteiger partial charge is 0.319 e. The Morgan fingerprint density at radius 2 is 2.07 bits per heavy atom. The van der Waals surface area contributed by atoms with Crippen LogP contribution in [0, 0.1) is 12.5 Å². The number of fused-ring (bicyclic) bond motifs is 4. The van der Waals surface area contributed by atoms with Crippen LogP contribution in [-0.2, 0) is 11.2 Å². The largest absolute Gasteiger partial charge is 0.487 e. The number of anilines is 1. The van der Waals surface area contributed by atoms with Crippen LogP contribution in [0.4, 0.5) is 5.82 Å². The van der Waals surface area contributed by atoms with Crippen molar-refractivity contribution in [3.63, 3.8) is 0 Å². The summed E-state index contributed by atoms with van der Waals surface area (Å²) < 4.78 is 13.1. The van der Waals surface area contributed by atoms with Gasteiger partial charge in [0.15, 0.2) is 5.75 Å². The number of halogens is 1. The fraction of sp³-hybridized carbons (Fsp3) is 0.500. The maximum absolute atomic E-state index is 12.7. The lowest BCUT2D eigenvalue weighted by molar-refractivity contribution is -0.128. The Kier molecular flexibility index (Phi) is 7.53. The van der Waals surface area contributed by atoms with Crippen molar-refractivity contribution in [2.75, 3.05) is 51.3 Å². The van der Waals surface area contributed by atoms with Crippen molar-refractivity contribution in [3.05, 3.63) is 64.5 Å². The number of piperazine rings is 1. The number of likely N-dealkylation sites (N-methyl/N-ethyl adjacent to an activating group) is 1. The van der Waals surface area contributed by atoms with Gasteiger partial charge >= 0.3 is 6.01 Å². The van der Waals surface area contributed by atoms with Gasteiger partial charge in [-0.15, -0.1) is 0 Å². The summed E-state index contributed by atoms with van der Waals surface area (Å²) in [5.74, 6) is 2.63. The van der Waals surface area contributed by atoms with Gasteiger partial charge in [-0.1, -0.05) is 36.4 Å². The third-order valence-corrected chi connectivity index (χ3v) is 10.9. The summed E-state index contributed by atoms with van der Waals surface area (Å²) in [6.07, 6.45) is 8.01. The lowest BCUT2D eigenvalue weighted by Gasteiger charge is -2.39. The van der Waals surface area contributed by atoms with Crippen LogP contribution in [0.25, 0.3) is 26.9 Å². The topological polar surface area (TPSA) is 75.4 Å². The van der Waals surface area contributed by atoms with Crippen molar-refractivity contribution in [3.8, 4) is 22.9 Å². The van der Waals surface area contributed by atoms with E-state index in [9.17, 15) is 4.79 Å². The average Bonchev–Trinajstić information content (AvgIpc) is 3.97. The molecular weight excluding hydrogens is 600 g/mol. The molecule has 2 saturated carbocycles. The predicted octanol–water partition coefficient (Wildman–Crippen LogP) is 5.75. The highest BCUT2D eigenvalue weighted by atomic mass is 35.5. The zero-order valence-corrected chi connectivity index (χ0v) is 27.0. The first kappa shape index (κ1) is 29.5. The molecule has 9 nitrogen and oxygen atoms in total. The molecule has 1 aromatic heterocycles. The maximum Gasteiger partial charge on any atom is 0.319 e. The summed E-state index contributed by atoms with van der Waals surface area (Å²) in [7, 11) is 2.13. The molecule has 0 unspecified atom stereocenters. The van der Waals surface area contributed by atoms with Crippen LogP contribution in [0.1, 0.15) is 49.1 Å². The van der Waals surface area contributed by atoms with Gasteiger partial charge in [0.2, 0.25) is 12.5 Å². The van der Waals surface area contributed by atoms with E-state index in [4.69, 9.17) is 37.6 Å². The second-order valence-electron chi connectivity index (χ2n) is 13.5. The lowest BCUT2D eigenvalue weighted by Crippen LogP contribution is -2.56. The van der Waals surface area contributed by atoms with E-state index in [0.717, 1.165) is 61.1 Å². The highest BCUT2D eigenvalue weighted by Crippen LogP contribution is 2.59. The lowest BCUT2D eigenvalue weighted by atomic mass is 9.93. The molecular formula is C36H39ClN6O3. The summed E-state index contributed by atoms with van der Waals surface area (Å²) in [6, 6.07) is 8.90. The second kappa shape index (κ2) is 11.7. The standard InChI is InChI=1S/C36H39ClN6O3/c1-4-31(44)43-14-13-42(19-23(43)18-38-2)35-29-17-30(37)32(26-9-5-8-25-27-15-21(27)16-28(25)26)34(46-24-10-11-24)33(29)39-36(40-35)45-20-22-7-6-12-41(22)3/h4-5,8-9,17,21-24,27H,1,6-7,10-16,18-20H2,3H3/t21-,22-,23-,27-/m0/s1. The van der Waals surface area contributed by atoms with E-state index >= 15 is 0 Å². The fourth-order valence-corrected chi connectivity index (χ4v) is 8.10. The van der Waals surface area contributed by atoms with Gasteiger partial charge in [-0.05, 0) is 92.8 Å². The molecule has 238 valence electrons. The van der Waals surface area contributed by atoms with E-state index < -0.39 is 0 Å². The summed E-state index contributed by atoms with van der Waals surface area (Å²) in [5.41, 5.74) is 5.56. The highest BCUT2D eigenvalue weighted by Gasteiger charge is 2.46. The Labute approximate surface area is 274 Å². The number of ether oxygens (including phenoxy) is 2. The summed E-state index contributed by atoms with van der Waals surface area (Å²) in [4.78, 5) is 32.6. The van der Waals surface area contributed by atoms with Crippen molar-refractivity contribution < 1.29 is 14.3 Å². The molecule has 0 radical (unpaired) electrons. The molecule has 2 aromatic carbocycles. The molecule has 4 atom stereocenters. The van der Waals surface area contributed by atoms with E-state index in [2.05, 4.69) is 46.5 Å². The maximum atomic E-state index is 12.7. The molecule has 10 heteroatoms. The molecule has 3 heterocycles. The van der Waals surface area contributed by atoms with Crippen molar-refractivity contribution >= 4 is 34.2 Å². The first-order valence-electron chi connectivity index (χ1n) is 16.6. The quantitative estimate of drug-likeness (QED) is 0.218. The fourth-order valence-electron chi connectivity index (χ4n) is 7.80. The molecule has 2 aliphatic heterocycles. The minimum absolute atomic E-state index is 0.122. The number of hydrogen-bond acceptors (Lipinski definition) is 7. The summed E-state index contributed by atoms with van der Waals surface area (Å²) in [6.45, 7) is 14.4. The Morgan fingerprint density at radius 3 is 2.83 bits per heavy atom. The van der Waals surface area contributed by atoms with Gasteiger partial charge in [0.05, 0.1) is 11.1 Å². The van der Waals surface area contributed by atoms with Crippen LogP contribution in [0.3, 0.4) is 0 Å². The van der Waals surface area contributed by atoms with Crippen molar-refractivity contribution in [1.29, 1.82) is 0 Å². The van der Waals surface area contributed by atoms with Crippen LogP contribution in [0.15, 0.2) is 36.9 Å². The van der Waals surface area contributed by atoms with E-state index in [1.165, 1.54) is 23.6 Å². The van der Waals surface area contributed by atoms with Gasteiger partial charge in [-0.25, -0.2) is 6.57 Å². The molecule has 3 aliphatic carbocycles. The summed E-state index contributed by atoms with van der Waals surface area (Å²) >= 11 is 7.28. The van der Waals surface area contributed by atoms with E-state index in [-0.39, 0.29) is 24.6 Å². The van der Waals surface area contributed by atoms with E-state index in [1.54, 1.807) is 4.90 Å². The first-order valence-corrected chi connectivity index (χ1v) is 17.0. The Hall–Kier alpha value is -3.87. The SMILES string of the molecule is [C-]#[N+]C[C@H]1CN(c2nc(OC[C@@H]3CCCN3C)nc3c(OC4CC4)c(-c4cccc5c4C[C@@H]4C[C@H]54)c(Cl)cc23)CCN1C(=O)C=C. The van der Waals surface area contributed by atoms with Crippen molar-refractivity contribution in [2.45, 2.75) is 62.6 Å². The molecule has 5 aliphatic rings. The Bertz CT molecular complexity index is 1770. The van der Waals surface area contributed by atoms with Crippen LogP contribution in [0.5, 0.6) is 11.8 Å². The number of likely N-dealkylation sites (tertiary alicyclic amines) is 1. The van der Waals surface area contributed by atoms with Gasteiger partial charge in [0.1, 0.15) is 24.0 Å². The molecule has 2 saturated heterocycles. The zero-order chi connectivity index (χ0) is 31.5. The van der Waals surface area contributed by atoms with Gasteiger partial charge in [-0.3, -0.25) is 4.79 Å². The first-order chi connectivity index (χ1) is 22.4. The van der Waals surface area contributed by atoms with Crippen molar-refractivity contribution in [2.24, 2.45) is 5.92 Å². The third kappa shape index (κ3) is 5.26. The molecule has 0 bridgehead atoms. The monoisotopic (exact) mass is 638 g/mol. The van der Waals surface area contributed by atoms with Gasteiger partial charge < -0.3 is 29.0 Å². The predicted molar refractivity (Wildman–Crippen MR) is 179 cm³/mol. The number of rotatable bonds is 9. The van der Waals surface area contributed by atoms with Gasteiger partial charge in [0.25, 0.3) is 0 Å².